The predicted molar refractivity (Wildman–Crippen MR) is 106 cm³/mol. The van der Waals surface area contributed by atoms with Gasteiger partial charge in [0.15, 0.2) is 16.7 Å². The summed E-state index contributed by atoms with van der Waals surface area (Å²) >= 11 is 6.68. The van der Waals surface area contributed by atoms with Crippen LogP contribution in [0.5, 0.6) is 0 Å². The largest absolute Gasteiger partial charge is 0.459 e. The zero-order chi connectivity index (χ0) is 19.0. The van der Waals surface area contributed by atoms with Crippen LogP contribution >= 0.6 is 23.6 Å². The average Bonchev–Trinajstić information content (AvgIpc) is 3.36. The molecular formula is C17H14N6O2S2. The third kappa shape index (κ3) is 3.44. The van der Waals surface area contributed by atoms with E-state index >= 15 is 0 Å². The van der Waals surface area contributed by atoms with Crippen LogP contribution in [0.15, 0.2) is 41.0 Å². The van der Waals surface area contributed by atoms with E-state index in [2.05, 4.69) is 25.9 Å². The number of nitrogens with one attached hydrogen (secondary N) is 2. The van der Waals surface area contributed by atoms with Crippen molar-refractivity contribution in [2.75, 3.05) is 5.32 Å². The lowest BCUT2D eigenvalue weighted by Gasteiger charge is -2.11. The number of furan rings is 1. The highest BCUT2D eigenvalue weighted by Crippen LogP contribution is 2.28. The summed E-state index contributed by atoms with van der Waals surface area (Å²) in [4.78, 5) is 12.7. The molecule has 4 rings (SSSR count). The van der Waals surface area contributed by atoms with Crippen molar-refractivity contribution in [3.63, 3.8) is 0 Å². The first-order valence-electron chi connectivity index (χ1n) is 7.97. The summed E-state index contributed by atoms with van der Waals surface area (Å²) in [6.07, 6.45) is 1.43. The minimum absolute atomic E-state index is 0.196. The van der Waals surface area contributed by atoms with Gasteiger partial charge in [0.25, 0.3) is 5.91 Å². The van der Waals surface area contributed by atoms with Gasteiger partial charge in [-0.1, -0.05) is 11.3 Å². The van der Waals surface area contributed by atoms with E-state index in [9.17, 15) is 4.79 Å². The highest BCUT2D eigenvalue weighted by atomic mass is 32.1. The number of hydrogen-bond acceptors (Lipinski definition) is 7. The fourth-order valence-corrected chi connectivity index (χ4v) is 3.58. The Kier molecular flexibility index (Phi) is 4.42. The van der Waals surface area contributed by atoms with Crippen LogP contribution in [-0.4, -0.2) is 30.8 Å². The van der Waals surface area contributed by atoms with Gasteiger partial charge in [0.2, 0.25) is 4.96 Å². The number of nitrogens with zero attached hydrogens (tertiary/aromatic N) is 4. The number of carbonyl (C=O) groups excluding carboxylic acids is 1. The van der Waals surface area contributed by atoms with E-state index in [0.717, 1.165) is 32.6 Å². The molecule has 0 radical (unpaired) electrons. The molecule has 0 saturated heterocycles. The molecule has 0 unspecified atom stereocenters. The number of fused-ring (bicyclic) bond motifs is 1. The van der Waals surface area contributed by atoms with Crippen molar-refractivity contribution in [1.29, 1.82) is 0 Å². The lowest BCUT2D eigenvalue weighted by Crippen LogP contribution is -2.34. The number of benzene rings is 1. The van der Waals surface area contributed by atoms with Crippen LogP contribution in [0.3, 0.4) is 0 Å². The molecule has 0 aliphatic rings. The molecule has 136 valence electrons. The zero-order valence-corrected chi connectivity index (χ0v) is 16.0. The number of amides is 1. The van der Waals surface area contributed by atoms with Crippen LogP contribution in [0.4, 0.5) is 5.69 Å². The SMILES string of the molecule is Cc1cc(-c2nn3c(C)nnc3s2)ccc1NC(=S)NC(=O)c1ccco1. The van der Waals surface area contributed by atoms with E-state index in [4.69, 9.17) is 16.6 Å². The Morgan fingerprint density at radius 2 is 2.11 bits per heavy atom. The van der Waals surface area contributed by atoms with Crippen molar-refractivity contribution in [3.8, 4) is 10.6 Å². The van der Waals surface area contributed by atoms with E-state index < -0.39 is 5.91 Å². The van der Waals surface area contributed by atoms with Gasteiger partial charge in [-0.15, -0.1) is 10.2 Å². The summed E-state index contributed by atoms with van der Waals surface area (Å²) < 4.78 is 6.77. The Hall–Kier alpha value is -3.11. The number of hydrogen-bond donors (Lipinski definition) is 2. The van der Waals surface area contributed by atoms with Crippen LogP contribution in [0.25, 0.3) is 15.5 Å². The van der Waals surface area contributed by atoms with Gasteiger partial charge in [-0.2, -0.15) is 9.61 Å². The zero-order valence-electron chi connectivity index (χ0n) is 14.4. The standard InChI is InChI=1S/C17H14N6O2S2/c1-9-8-11(15-22-23-10(2)20-21-17(23)27-15)5-6-12(9)18-16(26)19-14(24)13-4-3-7-25-13/h3-8H,1-2H3,(H2,18,19,24,26). The molecule has 3 heterocycles. The second-order valence-corrected chi connectivity index (χ2v) is 7.13. The van der Waals surface area contributed by atoms with Crippen LogP contribution < -0.4 is 10.6 Å². The highest BCUT2D eigenvalue weighted by Gasteiger charge is 2.13. The molecule has 0 aliphatic carbocycles. The maximum Gasteiger partial charge on any atom is 0.293 e. The van der Waals surface area contributed by atoms with Crippen molar-refractivity contribution in [3.05, 3.63) is 53.7 Å². The summed E-state index contributed by atoms with van der Waals surface area (Å²) in [7, 11) is 0. The molecule has 0 saturated carbocycles. The number of aromatic nitrogens is 4. The molecular weight excluding hydrogens is 384 g/mol. The van der Waals surface area contributed by atoms with E-state index in [-0.39, 0.29) is 10.9 Å². The first-order valence-corrected chi connectivity index (χ1v) is 9.19. The monoisotopic (exact) mass is 398 g/mol. The molecule has 1 aromatic carbocycles. The summed E-state index contributed by atoms with van der Waals surface area (Å²) in [6, 6.07) is 9.04. The number of carbonyl (C=O) groups is 1. The molecule has 0 bridgehead atoms. The minimum atomic E-state index is -0.401. The van der Waals surface area contributed by atoms with Gasteiger partial charge in [0.1, 0.15) is 5.01 Å². The van der Waals surface area contributed by atoms with Gasteiger partial charge in [0.05, 0.1) is 6.26 Å². The third-order valence-electron chi connectivity index (χ3n) is 3.84. The normalized spacial score (nSPS) is 10.9. The van der Waals surface area contributed by atoms with Crippen LogP contribution in [0.1, 0.15) is 21.9 Å². The number of rotatable bonds is 3. The summed E-state index contributed by atoms with van der Waals surface area (Å²) in [5, 5.41) is 19.3. The van der Waals surface area contributed by atoms with Crippen molar-refractivity contribution in [1.82, 2.24) is 25.1 Å². The van der Waals surface area contributed by atoms with Gasteiger partial charge >= 0.3 is 0 Å². The second-order valence-electron chi connectivity index (χ2n) is 5.76. The molecule has 3 aromatic heterocycles. The topological polar surface area (TPSA) is 97.4 Å². The summed E-state index contributed by atoms with van der Waals surface area (Å²) in [6.45, 7) is 3.81. The Morgan fingerprint density at radius 3 is 2.81 bits per heavy atom. The molecule has 0 atom stereocenters. The van der Waals surface area contributed by atoms with Crippen molar-refractivity contribution in [2.45, 2.75) is 13.8 Å². The first-order chi connectivity index (χ1) is 13.0. The smallest absolute Gasteiger partial charge is 0.293 e. The van der Waals surface area contributed by atoms with E-state index in [0.29, 0.717) is 0 Å². The summed E-state index contributed by atoms with van der Waals surface area (Å²) in [5.41, 5.74) is 2.73. The number of anilines is 1. The summed E-state index contributed by atoms with van der Waals surface area (Å²) in [5.74, 6) is 0.548. The molecule has 1 amide bonds. The van der Waals surface area contributed by atoms with Crippen LogP contribution in [0, 0.1) is 13.8 Å². The van der Waals surface area contributed by atoms with Gasteiger partial charge < -0.3 is 9.73 Å². The second kappa shape index (κ2) is 6.89. The fourth-order valence-electron chi connectivity index (χ4n) is 2.49. The molecule has 0 spiro atoms. The lowest BCUT2D eigenvalue weighted by molar-refractivity contribution is 0.0950. The molecule has 2 N–H and O–H groups in total. The van der Waals surface area contributed by atoms with Crippen LogP contribution in [0.2, 0.25) is 0 Å². The van der Waals surface area contributed by atoms with E-state index in [1.54, 1.807) is 16.6 Å². The van der Waals surface area contributed by atoms with Crippen molar-refractivity contribution >= 4 is 45.2 Å². The van der Waals surface area contributed by atoms with Gasteiger partial charge in [0, 0.05) is 11.3 Å². The maximum absolute atomic E-state index is 12.0. The number of thiocarbonyl (C=S) groups is 1. The average molecular weight is 398 g/mol. The van der Waals surface area contributed by atoms with Crippen molar-refractivity contribution in [2.24, 2.45) is 0 Å². The minimum Gasteiger partial charge on any atom is -0.459 e. The number of aryl methyl sites for hydroxylation is 2. The molecule has 4 aromatic rings. The van der Waals surface area contributed by atoms with Crippen LogP contribution in [-0.2, 0) is 0 Å². The Balaban J connectivity index is 1.49. The predicted octanol–water partition coefficient (Wildman–Crippen LogP) is 3.19. The van der Waals surface area contributed by atoms with Gasteiger partial charge in [-0.05, 0) is 62.0 Å². The van der Waals surface area contributed by atoms with E-state index in [1.165, 1.54) is 17.6 Å². The molecule has 27 heavy (non-hydrogen) atoms. The Labute approximate surface area is 163 Å². The van der Waals surface area contributed by atoms with Crippen molar-refractivity contribution < 1.29 is 9.21 Å². The Morgan fingerprint density at radius 1 is 1.26 bits per heavy atom. The highest BCUT2D eigenvalue weighted by molar-refractivity contribution is 7.80. The molecule has 0 aliphatic heterocycles. The first kappa shape index (κ1) is 17.3. The lowest BCUT2D eigenvalue weighted by atomic mass is 10.1. The molecule has 0 fully saturated rings. The van der Waals surface area contributed by atoms with Gasteiger partial charge in [-0.25, -0.2) is 0 Å². The maximum atomic E-state index is 12.0. The van der Waals surface area contributed by atoms with Gasteiger partial charge in [-0.3, -0.25) is 10.1 Å². The van der Waals surface area contributed by atoms with E-state index in [1.807, 2.05) is 32.0 Å². The Bertz CT molecular complexity index is 1150. The third-order valence-corrected chi connectivity index (χ3v) is 4.99. The molecule has 10 heteroatoms. The fraction of sp³-hybridized carbons (Fsp3) is 0.118. The molecule has 8 nitrogen and oxygen atoms in total. The quantitative estimate of drug-likeness (QED) is 0.512.